The fourth-order valence-corrected chi connectivity index (χ4v) is 3.37. The van der Waals surface area contributed by atoms with Crippen molar-refractivity contribution in [2.24, 2.45) is 5.92 Å². The highest BCUT2D eigenvalue weighted by Gasteiger charge is 2.24. The number of amides is 1. The van der Waals surface area contributed by atoms with E-state index in [1.54, 1.807) is 4.68 Å². The molecule has 0 spiro atoms. The van der Waals surface area contributed by atoms with Crippen LogP contribution in [0.5, 0.6) is 0 Å². The first-order valence-electron chi connectivity index (χ1n) is 10.1. The monoisotopic (exact) mass is 404 g/mol. The summed E-state index contributed by atoms with van der Waals surface area (Å²) in [5.41, 5.74) is 2.62. The number of nitrogens with zero attached hydrogens (tertiary/aromatic N) is 3. The summed E-state index contributed by atoms with van der Waals surface area (Å²) in [5.74, 6) is -0.569. The third kappa shape index (κ3) is 5.44. The molecule has 3 rings (SSSR count). The molecular formula is C20H28N4O5. The van der Waals surface area contributed by atoms with Gasteiger partial charge in [0.1, 0.15) is 12.0 Å². The highest BCUT2D eigenvalue weighted by Crippen LogP contribution is 2.21. The van der Waals surface area contributed by atoms with Crippen LogP contribution in [-0.4, -0.2) is 53.0 Å². The molecule has 1 amide bonds. The van der Waals surface area contributed by atoms with Crippen molar-refractivity contribution < 1.29 is 23.5 Å². The number of hydrogen-bond acceptors (Lipinski definition) is 7. The average molecular weight is 404 g/mol. The third-order valence-corrected chi connectivity index (χ3v) is 4.80. The number of carbonyl (C=O) groups excluding carboxylic acids is 2. The Kier molecular flexibility index (Phi) is 7.40. The van der Waals surface area contributed by atoms with Crippen molar-refractivity contribution in [3.8, 4) is 0 Å². The van der Waals surface area contributed by atoms with E-state index < -0.39 is 5.97 Å². The van der Waals surface area contributed by atoms with Crippen LogP contribution in [0.25, 0.3) is 0 Å². The summed E-state index contributed by atoms with van der Waals surface area (Å²) in [5, 5.41) is 7.66. The van der Waals surface area contributed by atoms with Crippen LogP contribution in [0.2, 0.25) is 0 Å². The van der Waals surface area contributed by atoms with Gasteiger partial charge in [0.15, 0.2) is 12.1 Å². The largest absolute Gasteiger partial charge is 0.461 e. The smallest absolute Gasteiger partial charge is 0.360 e. The van der Waals surface area contributed by atoms with Gasteiger partial charge in [0.2, 0.25) is 0 Å². The molecule has 1 aliphatic heterocycles. The van der Waals surface area contributed by atoms with Crippen LogP contribution in [-0.2, 0) is 28.9 Å². The predicted molar refractivity (Wildman–Crippen MR) is 104 cm³/mol. The molecule has 1 aliphatic rings. The normalized spacial score (nSPS) is 16.4. The molecular weight excluding hydrogens is 376 g/mol. The Bertz CT molecular complexity index is 815. The lowest BCUT2D eigenvalue weighted by Gasteiger charge is -2.12. The molecule has 2 aromatic rings. The lowest BCUT2D eigenvalue weighted by molar-refractivity contribution is 0.0441. The highest BCUT2D eigenvalue weighted by atomic mass is 16.5. The first-order chi connectivity index (χ1) is 14.1. The van der Waals surface area contributed by atoms with Crippen molar-refractivity contribution in [1.82, 2.24) is 20.1 Å². The Morgan fingerprint density at radius 3 is 2.97 bits per heavy atom. The molecule has 0 saturated heterocycles. The summed E-state index contributed by atoms with van der Waals surface area (Å²) in [6, 6.07) is 0. The SMILES string of the molecule is CCn1nc(C[C@@H](C)COC(=O)c2cocn2)c2c1C(=O)NCCCOCCC2. The predicted octanol–water partition coefficient (Wildman–Crippen LogP) is 2.01. The maximum absolute atomic E-state index is 12.8. The Labute approximate surface area is 169 Å². The molecule has 0 unspecified atom stereocenters. The summed E-state index contributed by atoms with van der Waals surface area (Å²) in [4.78, 5) is 28.5. The van der Waals surface area contributed by atoms with E-state index in [1.165, 1.54) is 12.7 Å². The van der Waals surface area contributed by atoms with Gasteiger partial charge in [0.25, 0.3) is 5.91 Å². The maximum atomic E-state index is 12.8. The number of hydrogen-bond donors (Lipinski definition) is 1. The van der Waals surface area contributed by atoms with Crippen LogP contribution in [0.4, 0.5) is 0 Å². The molecule has 1 N–H and O–H groups in total. The van der Waals surface area contributed by atoms with Gasteiger partial charge in [-0.2, -0.15) is 5.10 Å². The van der Waals surface area contributed by atoms with Gasteiger partial charge in [0, 0.05) is 31.9 Å². The molecule has 158 valence electrons. The molecule has 0 saturated carbocycles. The first-order valence-corrected chi connectivity index (χ1v) is 10.1. The van der Waals surface area contributed by atoms with Gasteiger partial charge >= 0.3 is 5.97 Å². The minimum absolute atomic E-state index is 0.0349. The van der Waals surface area contributed by atoms with Crippen LogP contribution in [0.1, 0.15) is 58.9 Å². The van der Waals surface area contributed by atoms with Gasteiger partial charge in [-0.05, 0) is 38.5 Å². The first kappa shape index (κ1) is 21.0. The van der Waals surface area contributed by atoms with Crippen LogP contribution < -0.4 is 5.32 Å². The zero-order chi connectivity index (χ0) is 20.6. The van der Waals surface area contributed by atoms with E-state index in [0.717, 1.165) is 30.5 Å². The van der Waals surface area contributed by atoms with Crippen molar-refractivity contribution >= 4 is 11.9 Å². The quantitative estimate of drug-likeness (QED) is 0.734. The van der Waals surface area contributed by atoms with Crippen LogP contribution in [0.3, 0.4) is 0 Å². The number of aryl methyl sites for hydroxylation is 1. The van der Waals surface area contributed by atoms with Crippen molar-refractivity contribution in [3.05, 3.63) is 35.3 Å². The van der Waals surface area contributed by atoms with E-state index in [1.807, 2.05) is 13.8 Å². The second-order valence-electron chi connectivity index (χ2n) is 7.20. The van der Waals surface area contributed by atoms with Crippen molar-refractivity contribution in [1.29, 1.82) is 0 Å². The molecule has 9 heteroatoms. The zero-order valence-electron chi connectivity index (χ0n) is 17.0. The van der Waals surface area contributed by atoms with Crippen molar-refractivity contribution in [2.75, 3.05) is 26.4 Å². The van der Waals surface area contributed by atoms with Crippen LogP contribution in [0.15, 0.2) is 17.1 Å². The number of nitrogens with one attached hydrogen (secondary N) is 1. The molecule has 2 aromatic heterocycles. The van der Waals surface area contributed by atoms with E-state index in [0.29, 0.717) is 38.4 Å². The molecule has 1 atom stereocenters. The molecule has 0 aromatic carbocycles. The summed E-state index contributed by atoms with van der Waals surface area (Å²) in [7, 11) is 0. The molecule has 3 heterocycles. The van der Waals surface area contributed by atoms with Gasteiger partial charge in [-0.15, -0.1) is 0 Å². The highest BCUT2D eigenvalue weighted by molar-refractivity contribution is 5.94. The molecule has 0 bridgehead atoms. The Balaban J connectivity index is 1.72. The van der Waals surface area contributed by atoms with Crippen LogP contribution in [0, 0.1) is 5.92 Å². The molecule has 0 aliphatic carbocycles. The molecule has 0 radical (unpaired) electrons. The number of oxazole rings is 1. The van der Waals surface area contributed by atoms with E-state index in [9.17, 15) is 9.59 Å². The Morgan fingerprint density at radius 2 is 2.21 bits per heavy atom. The summed E-state index contributed by atoms with van der Waals surface area (Å²) in [6.07, 6.45) is 5.41. The van der Waals surface area contributed by atoms with Crippen molar-refractivity contribution in [3.63, 3.8) is 0 Å². The number of aromatic nitrogens is 3. The van der Waals surface area contributed by atoms with Crippen LogP contribution >= 0.6 is 0 Å². The van der Waals surface area contributed by atoms with E-state index in [-0.39, 0.29) is 24.1 Å². The molecule has 29 heavy (non-hydrogen) atoms. The summed E-state index contributed by atoms with van der Waals surface area (Å²) in [6.45, 7) is 6.70. The number of fused-ring (bicyclic) bond motifs is 1. The Hall–Kier alpha value is -2.68. The Morgan fingerprint density at radius 1 is 1.38 bits per heavy atom. The lowest BCUT2D eigenvalue weighted by Crippen LogP contribution is -2.28. The molecule has 0 fully saturated rings. The number of carbonyl (C=O) groups is 2. The van der Waals surface area contributed by atoms with Gasteiger partial charge in [-0.25, -0.2) is 9.78 Å². The number of ether oxygens (including phenoxy) is 2. The minimum atomic E-state index is -0.513. The summed E-state index contributed by atoms with van der Waals surface area (Å²) >= 11 is 0. The molecule has 9 nitrogen and oxygen atoms in total. The number of esters is 1. The topological polar surface area (TPSA) is 108 Å². The van der Waals surface area contributed by atoms with Gasteiger partial charge < -0.3 is 19.2 Å². The zero-order valence-corrected chi connectivity index (χ0v) is 17.0. The maximum Gasteiger partial charge on any atom is 0.360 e. The van der Waals surface area contributed by atoms with Gasteiger partial charge in [-0.1, -0.05) is 6.92 Å². The van der Waals surface area contributed by atoms with Gasteiger partial charge in [-0.3, -0.25) is 9.48 Å². The second kappa shape index (κ2) is 10.2. The minimum Gasteiger partial charge on any atom is -0.461 e. The van der Waals surface area contributed by atoms with E-state index >= 15 is 0 Å². The average Bonchev–Trinajstić information content (AvgIpc) is 3.35. The number of rotatable bonds is 6. The second-order valence-corrected chi connectivity index (χ2v) is 7.20. The standard InChI is InChI=1S/C20H28N4O5/c1-3-24-18-15(6-4-8-27-9-5-7-21-19(18)25)16(23-24)10-14(2)11-29-20(26)17-12-28-13-22-17/h12-14H,3-11H2,1-2H3,(H,21,25)/t14-/m1/s1. The third-order valence-electron chi connectivity index (χ3n) is 4.80. The summed E-state index contributed by atoms with van der Waals surface area (Å²) < 4.78 is 17.5. The lowest BCUT2D eigenvalue weighted by atomic mass is 9.99. The van der Waals surface area contributed by atoms with E-state index in [2.05, 4.69) is 10.3 Å². The van der Waals surface area contributed by atoms with Crippen molar-refractivity contribution in [2.45, 2.75) is 46.1 Å². The fourth-order valence-electron chi connectivity index (χ4n) is 3.37. The fraction of sp³-hybridized carbons (Fsp3) is 0.600. The van der Waals surface area contributed by atoms with E-state index in [4.69, 9.17) is 19.0 Å². The van der Waals surface area contributed by atoms with Gasteiger partial charge in [0.05, 0.1) is 12.3 Å².